The molecule has 2 N–H and O–H groups in total. The fourth-order valence-electron chi connectivity index (χ4n) is 2.44. The van der Waals surface area contributed by atoms with Crippen molar-refractivity contribution in [1.29, 1.82) is 0 Å². The van der Waals surface area contributed by atoms with Crippen LogP contribution >= 0.6 is 0 Å². The molecule has 0 amide bonds. The molecule has 1 aliphatic heterocycles. The monoisotopic (exact) mass is 266 g/mol. The first-order valence-corrected chi connectivity index (χ1v) is 7.05. The van der Waals surface area contributed by atoms with E-state index >= 15 is 0 Å². The van der Waals surface area contributed by atoms with Crippen molar-refractivity contribution in [3.8, 4) is 5.75 Å². The molecule has 0 saturated carbocycles. The van der Waals surface area contributed by atoms with Gasteiger partial charge in [0.1, 0.15) is 11.6 Å². The van der Waals surface area contributed by atoms with Crippen LogP contribution in [0.15, 0.2) is 18.2 Å². The summed E-state index contributed by atoms with van der Waals surface area (Å²) < 4.78 is 13.0. The van der Waals surface area contributed by atoms with Crippen LogP contribution in [0, 0.1) is 11.7 Å². The van der Waals surface area contributed by atoms with Gasteiger partial charge in [-0.05, 0) is 50.0 Å². The zero-order valence-electron chi connectivity index (χ0n) is 11.5. The van der Waals surface area contributed by atoms with Crippen molar-refractivity contribution < 1.29 is 9.50 Å². The van der Waals surface area contributed by atoms with Gasteiger partial charge in [-0.1, -0.05) is 6.92 Å². The molecule has 0 aliphatic carbocycles. The van der Waals surface area contributed by atoms with E-state index in [1.807, 2.05) is 0 Å². The van der Waals surface area contributed by atoms with Gasteiger partial charge in [-0.15, -0.1) is 0 Å². The van der Waals surface area contributed by atoms with Gasteiger partial charge in [0.05, 0.1) is 0 Å². The van der Waals surface area contributed by atoms with Crippen LogP contribution in [-0.2, 0) is 6.54 Å². The first-order valence-electron chi connectivity index (χ1n) is 7.05. The summed E-state index contributed by atoms with van der Waals surface area (Å²) in [5.74, 6) is 0.703. The Morgan fingerprint density at radius 2 is 2.11 bits per heavy atom. The zero-order valence-corrected chi connectivity index (χ0v) is 11.5. The number of nitrogens with one attached hydrogen (secondary N) is 1. The van der Waals surface area contributed by atoms with E-state index in [9.17, 15) is 9.50 Å². The molecular formula is C15H23FN2O. The SMILES string of the molecule is CC1CCN(CCNCc2cc(F)ccc2O)CC1. The average Bonchev–Trinajstić information content (AvgIpc) is 2.40. The Morgan fingerprint density at radius 3 is 2.84 bits per heavy atom. The van der Waals surface area contributed by atoms with Gasteiger partial charge >= 0.3 is 0 Å². The van der Waals surface area contributed by atoms with Gasteiger partial charge in [0.25, 0.3) is 0 Å². The molecule has 0 radical (unpaired) electrons. The van der Waals surface area contributed by atoms with E-state index in [1.165, 1.54) is 44.1 Å². The number of hydrogen-bond acceptors (Lipinski definition) is 3. The van der Waals surface area contributed by atoms with Crippen LogP contribution in [0.5, 0.6) is 5.75 Å². The van der Waals surface area contributed by atoms with Gasteiger partial charge < -0.3 is 15.3 Å². The van der Waals surface area contributed by atoms with E-state index in [0.717, 1.165) is 19.0 Å². The predicted octanol–water partition coefficient (Wildman–Crippen LogP) is 2.35. The highest BCUT2D eigenvalue weighted by atomic mass is 19.1. The standard InChI is InChI=1S/C15H23FN2O/c1-12-4-7-18(8-5-12)9-6-17-11-13-10-14(16)2-3-15(13)19/h2-3,10,12,17,19H,4-9,11H2,1H3. The Balaban J connectivity index is 1.68. The summed E-state index contributed by atoms with van der Waals surface area (Å²) in [6.07, 6.45) is 2.56. The summed E-state index contributed by atoms with van der Waals surface area (Å²) in [7, 11) is 0. The number of hydrogen-bond donors (Lipinski definition) is 2. The summed E-state index contributed by atoms with van der Waals surface area (Å²) in [6.45, 7) is 7.05. The quantitative estimate of drug-likeness (QED) is 0.803. The lowest BCUT2D eigenvalue weighted by atomic mass is 9.99. The Morgan fingerprint density at radius 1 is 1.37 bits per heavy atom. The smallest absolute Gasteiger partial charge is 0.123 e. The highest BCUT2D eigenvalue weighted by molar-refractivity contribution is 5.32. The van der Waals surface area contributed by atoms with E-state index in [-0.39, 0.29) is 11.6 Å². The molecule has 0 aromatic heterocycles. The Bertz CT molecular complexity index is 403. The molecule has 0 spiro atoms. The van der Waals surface area contributed by atoms with Crippen LogP contribution < -0.4 is 5.32 Å². The Hall–Kier alpha value is -1.13. The van der Waals surface area contributed by atoms with Crippen LogP contribution in [-0.4, -0.2) is 36.2 Å². The average molecular weight is 266 g/mol. The van der Waals surface area contributed by atoms with Gasteiger partial charge in [-0.2, -0.15) is 0 Å². The number of halogens is 1. The molecule has 0 unspecified atom stereocenters. The Kier molecular flexibility index (Phi) is 5.16. The number of phenols is 1. The molecular weight excluding hydrogens is 243 g/mol. The normalized spacial score (nSPS) is 17.8. The first-order chi connectivity index (χ1) is 9.15. The molecule has 1 saturated heterocycles. The van der Waals surface area contributed by atoms with Gasteiger partial charge in [-0.3, -0.25) is 0 Å². The largest absolute Gasteiger partial charge is 0.508 e. The van der Waals surface area contributed by atoms with Crippen LogP contribution in [0.3, 0.4) is 0 Å². The van der Waals surface area contributed by atoms with Crippen LogP contribution in [0.4, 0.5) is 4.39 Å². The number of benzene rings is 1. The van der Waals surface area contributed by atoms with Crippen molar-refractivity contribution in [3.05, 3.63) is 29.6 Å². The minimum absolute atomic E-state index is 0.153. The van der Waals surface area contributed by atoms with E-state index in [1.54, 1.807) is 0 Å². The van der Waals surface area contributed by atoms with Gasteiger partial charge in [0, 0.05) is 25.2 Å². The highest BCUT2D eigenvalue weighted by Gasteiger charge is 2.14. The van der Waals surface area contributed by atoms with E-state index < -0.39 is 0 Å². The second kappa shape index (κ2) is 6.87. The fourth-order valence-corrected chi connectivity index (χ4v) is 2.44. The predicted molar refractivity (Wildman–Crippen MR) is 74.6 cm³/mol. The molecule has 1 aromatic carbocycles. The number of rotatable bonds is 5. The van der Waals surface area contributed by atoms with Crippen LogP contribution in [0.2, 0.25) is 0 Å². The first kappa shape index (κ1) is 14.3. The van der Waals surface area contributed by atoms with Gasteiger partial charge in [0.15, 0.2) is 0 Å². The van der Waals surface area contributed by atoms with Crippen molar-refractivity contribution in [1.82, 2.24) is 10.2 Å². The minimum Gasteiger partial charge on any atom is -0.508 e. The number of phenolic OH excluding ortho intramolecular Hbond substituents is 1. The maximum Gasteiger partial charge on any atom is 0.123 e. The molecule has 1 heterocycles. The molecule has 1 aliphatic rings. The van der Waals surface area contributed by atoms with Crippen LogP contribution in [0.1, 0.15) is 25.3 Å². The lowest BCUT2D eigenvalue weighted by Gasteiger charge is -2.30. The van der Waals surface area contributed by atoms with Crippen molar-refractivity contribution in [2.75, 3.05) is 26.2 Å². The summed E-state index contributed by atoms with van der Waals surface area (Å²) in [5, 5.41) is 12.9. The topological polar surface area (TPSA) is 35.5 Å². The third-order valence-electron chi connectivity index (χ3n) is 3.84. The maximum absolute atomic E-state index is 13.0. The molecule has 1 fully saturated rings. The second-order valence-electron chi connectivity index (χ2n) is 5.47. The molecule has 0 bridgehead atoms. The van der Waals surface area contributed by atoms with E-state index in [2.05, 4.69) is 17.1 Å². The fraction of sp³-hybridized carbons (Fsp3) is 0.600. The molecule has 2 rings (SSSR count). The number of piperidine rings is 1. The minimum atomic E-state index is -0.306. The molecule has 3 nitrogen and oxygen atoms in total. The molecule has 106 valence electrons. The summed E-state index contributed by atoms with van der Waals surface area (Å²) in [5.41, 5.74) is 0.618. The lowest BCUT2D eigenvalue weighted by molar-refractivity contribution is 0.193. The number of likely N-dealkylation sites (tertiary alicyclic amines) is 1. The zero-order chi connectivity index (χ0) is 13.7. The van der Waals surface area contributed by atoms with Gasteiger partial charge in [-0.25, -0.2) is 4.39 Å². The van der Waals surface area contributed by atoms with Crippen molar-refractivity contribution in [2.45, 2.75) is 26.3 Å². The maximum atomic E-state index is 13.0. The second-order valence-corrected chi connectivity index (χ2v) is 5.47. The third kappa shape index (κ3) is 4.48. The molecule has 0 atom stereocenters. The van der Waals surface area contributed by atoms with Crippen molar-refractivity contribution in [3.63, 3.8) is 0 Å². The molecule has 19 heavy (non-hydrogen) atoms. The van der Waals surface area contributed by atoms with E-state index in [4.69, 9.17) is 0 Å². The third-order valence-corrected chi connectivity index (χ3v) is 3.84. The van der Waals surface area contributed by atoms with Crippen LogP contribution in [0.25, 0.3) is 0 Å². The molecule has 1 aromatic rings. The van der Waals surface area contributed by atoms with Gasteiger partial charge in [0.2, 0.25) is 0 Å². The number of aromatic hydroxyl groups is 1. The highest BCUT2D eigenvalue weighted by Crippen LogP contribution is 2.17. The van der Waals surface area contributed by atoms with Crippen molar-refractivity contribution in [2.24, 2.45) is 5.92 Å². The summed E-state index contributed by atoms with van der Waals surface area (Å²) in [4.78, 5) is 2.46. The molecule has 4 heteroatoms. The number of nitrogens with zero attached hydrogens (tertiary/aromatic N) is 1. The summed E-state index contributed by atoms with van der Waals surface area (Å²) >= 11 is 0. The summed E-state index contributed by atoms with van der Waals surface area (Å²) in [6, 6.07) is 4.05. The lowest BCUT2D eigenvalue weighted by Crippen LogP contribution is -2.37. The Labute approximate surface area is 114 Å². The van der Waals surface area contributed by atoms with E-state index in [0.29, 0.717) is 12.1 Å². The van der Waals surface area contributed by atoms with Crippen molar-refractivity contribution >= 4 is 0 Å².